The number of rotatable bonds is 6. The van der Waals surface area contributed by atoms with Crippen molar-refractivity contribution in [3.63, 3.8) is 0 Å². The number of hydrogen-bond donors (Lipinski definition) is 2. The van der Waals surface area contributed by atoms with Crippen molar-refractivity contribution < 1.29 is 9.90 Å². The van der Waals surface area contributed by atoms with Gasteiger partial charge in [-0.1, -0.05) is 13.8 Å². The van der Waals surface area contributed by atoms with Crippen molar-refractivity contribution in [2.45, 2.75) is 31.8 Å². The normalized spacial score (nSPS) is 14.0. The molecule has 0 fully saturated rings. The predicted molar refractivity (Wildman–Crippen MR) is 73.8 cm³/mol. The van der Waals surface area contributed by atoms with Crippen LogP contribution >= 0.6 is 11.8 Å². The lowest BCUT2D eigenvalue weighted by molar-refractivity contribution is 0.0916. The third-order valence-corrected chi connectivity index (χ3v) is 3.60. The molecule has 18 heavy (non-hydrogen) atoms. The first-order valence-corrected chi connectivity index (χ1v) is 7.07. The summed E-state index contributed by atoms with van der Waals surface area (Å²) in [7, 11) is 0. The van der Waals surface area contributed by atoms with Crippen LogP contribution in [-0.2, 0) is 0 Å². The highest BCUT2D eigenvalue weighted by atomic mass is 32.2. The van der Waals surface area contributed by atoms with Crippen LogP contribution in [0.2, 0.25) is 0 Å². The van der Waals surface area contributed by atoms with E-state index in [1.165, 1.54) is 0 Å². The molecule has 5 heteroatoms. The molecule has 2 N–H and O–H groups in total. The molecule has 2 atom stereocenters. The van der Waals surface area contributed by atoms with E-state index in [9.17, 15) is 4.79 Å². The van der Waals surface area contributed by atoms with Gasteiger partial charge in [-0.2, -0.15) is 0 Å². The minimum absolute atomic E-state index is 0.0419. The molecule has 0 aromatic carbocycles. The first-order chi connectivity index (χ1) is 8.58. The summed E-state index contributed by atoms with van der Waals surface area (Å²) in [5.41, 5.74) is 0.609. The first-order valence-electron chi connectivity index (χ1n) is 6.09. The van der Waals surface area contributed by atoms with Crippen LogP contribution in [0.15, 0.2) is 23.4 Å². The zero-order valence-electron chi connectivity index (χ0n) is 11.0. The van der Waals surface area contributed by atoms with Gasteiger partial charge in [-0.3, -0.25) is 4.79 Å². The van der Waals surface area contributed by atoms with Gasteiger partial charge in [0.2, 0.25) is 0 Å². The number of hydrogen-bond acceptors (Lipinski definition) is 4. The fourth-order valence-electron chi connectivity index (χ4n) is 1.37. The molecule has 1 aromatic heterocycles. The van der Waals surface area contributed by atoms with E-state index in [2.05, 4.69) is 10.3 Å². The monoisotopic (exact) mass is 268 g/mol. The van der Waals surface area contributed by atoms with Crippen LogP contribution in [0.25, 0.3) is 0 Å². The summed E-state index contributed by atoms with van der Waals surface area (Å²) in [4.78, 5) is 16.2. The molecule has 100 valence electrons. The molecule has 0 aliphatic heterocycles. The van der Waals surface area contributed by atoms with Crippen LogP contribution in [0.5, 0.6) is 0 Å². The fourth-order valence-corrected chi connectivity index (χ4v) is 2.01. The van der Waals surface area contributed by atoms with Crippen LogP contribution in [-0.4, -0.2) is 34.4 Å². The molecule has 1 heterocycles. The molecular weight excluding hydrogens is 248 g/mol. The van der Waals surface area contributed by atoms with Crippen molar-refractivity contribution in [1.82, 2.24) is 10.3 Å². The van der Waals surface area contributed by atoms with Crippen molar-refractivity contribution >= 4 is 17.7 Å². The lowest BCUT2D eigenvalue weighted by atomic mass is 10.0. The SMILES string of the molecule is CCSc1cc(C(=O)NC(C)C(C)CO)ccn1. The molecule has 4 nitrogen and oxygen atoms in total. The predicted octanol–water partition coefficient (Wildman–Crippen LogP) is 1.94. The molecule has 2 unspecified atom stereocenters. The van der Waals surface area contributed by atoms with Gasteiger partial charge in [-0.15, -0.1) is 11.8 Å². The summed E-state index contributed by atoms with van der Waals surface area (Å²) in [6.07, 6.45) is 1.65. The summed E-state index contributed by atoms with van der Waals surface area (Å²) < 4.78 is 0. The van der Waals surface area contributed by atoms with Gasteiger partial charge in [0, 0.05) is 24.4 Å². The Bertz CT molecular complexity index is 398. The van der Waals surface area contributed by atoms with E-state index in [0.29, 0.717) is 5.56 Å². The van der Waals surface area contributed by atoms with E-state index < -0.39 is 0 Å². The number of thioether (sulfide) groups is 1. The van der Waals surface area contributed by atoms with E-state index in [0.717, 1.165) is 10.8 Å². The van der Waals surface area contributed by atoms with Gasteiger partial charge in [0.05, 0.1) is 5.03 Å². The summed E-state index contributed by atoms with van der Waals surface area (Å²) in [5, 5.41) is 12.8. The quantitative estimate of drug-likeness (QED) is 0.774. The standard InChI is InChI=1S/C13H20N2O2S/c1-4-18-12-7-11(5-6-14-12)13(17)15-10(3)9(2)8-16/h5-7,9-10,16H,4,8H2,1-3H3,(H,15,17). The minimum Gasteiger partial charge on any atom is -0.396 e. The maximum absolute atomic E-state index is 12.0. The highest BCUT2D eigenvalue weighted by Gasteiger charge is 2.15. The van der Waals surface area contributed by atoms with Crippen molar-refractivity contribution in [2.24, 2.45) is 5.92 Å². The van der Waals surface area contributed by atoms with Crippen molar-refractivity contribution in [1.29, 1.82) is 0 Å². The zero-order chi connectivity index (χ0) is 13.5. The Labute approximate surface area is 112 Å². The third-order valence-electron chi connectivity index (χ3n) is 2.79. The van der Waals surface area contributed by atoms with E-state index in [-0.39, 0.29) is 24.5 Å². The summed E-state index contributed by atoms with van der Waals surface area (Å²) >= 11 is 1.61. The van der Waals surface area contributed by atoms with E-state index in [4.69, 9.17) is 5.11 Å². The molecule has 1 aromatic rings. The van der Waals surface area contributed by atoms with Gasteiger partial charge in [0.15, 0.2) is 0 Å². The Hall–Kier alpha value is -1.07. The molecule has 1 amide bonds. The van der Waals surface area contributed by atoms with Gasteiger partial charge in [0.1, 0.15) is 0 Å². The molecule has 1 rings (SSSR count). The second kappa shape index (κ2) is 7.38. The number of nitrogens with one attached hydrogen (secondary N) is 1. The lowest BCUT2D eigenvalue weighted by Gasteiger charge is -2.19. The third kappa shape index (κ3) is 4.31. The minimum atomic E-state index is -0.122. The Morgan fingerprint density at radius 3 is 2.89 bits per heavy atom. The fraction of sp³-hybridized carbons (Fsp3) is 0.538. The second-order valence-electron chi connectivity index (χ2n) is 4.24. The van der Waals surface area contributed by atoms with Crippen LogP contribution in [0.3, 0.4) is 0 Å². The number of carbonyl (C=O) groups is 1. The van der Waals surface area contributed by atoms with Crippen LogP contribution in [0, 0.1) is 5.92 Å². The number of aliphatic hydroxyl groups is 1. The summed E-state index contributed by atoms with van der Waals surface area (Å²) in [5.74, 6) is 0.846. The molecule has 0 saturated heterocycles. The van der Waals surface area contributed by atoms with Gasteiger partial charge in [-0.05, 0) is 30.7 Å². The maximum atomic E-state index is 12.0. The Morgan fingerprint density at radius 2 is 2.28 bits per heavy atom. The van der Waals surface area contributed by atoms with Gasteiger partial charge >= 0.3 is 0 Å². The van der Waals surface area contributed by atoms with E-state index in [1.54, 1.807) is 30.1 Å². The molecule has 0 aliphatic carbocycles. The highest BCUT2D eigenvalue weighted by Crippen LogP contribution is 2.15. The second-order valence-corrected chi connectivity index (χ2v) is 5.52. The first kappa shape index (κ1) is 15.0. The Morgan fingerprint density at radius 1 is 1.56 bits per heavy atom. The number of aliphatic hydroxyl groups excluding tert-OH is 1. The molecule has 0 radical (unpaired) electrons. The van der Waals surface area contributed by atoms with Gasteiger partial charge in [0.25, 0.3) is 5.91 Å². The number of amides is 1. The van der Waals surface area contributed by atoms with Crippen molar-refractivity contribution in [2.75, 3.05) is 12.4 Å². The number of carbonyl (C=O) groups excluding carboxylic acids is 1. The zero-order valence-corrected chi connectivity index (χ0v) is 11.8. The molecule has 0 spiro atoms. The van der Waals surface area contributed by atoms with E-state index in [1.807, 2.05) is 20.8 Å². The molecule has 0 saturated carbocycles. The van der Waals surface area contributed by atoms with Gasteiger partial charge < -0.3 is 10.4 Å². The van der Waals surface area contributed by atoms with E-state index >= 15 is 0 Å². The Balaban J connectivity index is 2.69. The molecular formula is C13H20N2O2S. The van der Waals surface area contributed by atoms with Crippen LogP contribution in [0.1, 0.15) is 31.1 Å². The van der Waals surface area contributed by atoms with Crippen LogP contribution < -0.4 is 5.32 Å². The number of nitrogens with zero attached hydrogens (tertiary/aromatic N) is 1. The van der Waals surface area contributed by atoms with Crippen molar-refractivity contribution in [3.05, 3.63) is 23.9 Å². The average molecular weight is 268 g/mol. The maximum Gasteiger partial charge on any atom is 0.251 e. The Kier molecular flexibility index (Phi) is 6.15. The highest BCUT2D eigenvalue weighted by molar-refractivity contribution is 7.99. The number of aromatic nitrogens is 1. The molecule has 0 bridgehead atoms. The largest absolute Gasteiger partial charge is 0.396 e. The summed E-state index contributed by atoms with van der Waals surface area (Å²) in [6, 6.07) is 3.43. The number of pyridine rings is 1. The summed E-state index contributed by atoms with van der Waals surface area (Å²) in [6.45, 7) is 5.90. The van der Waals surface area contributed by atoms with Gasteiger partial charge in [-0.25, -0.2) is 4.98 Å². The smallest absolute Gasteiger partial charge is 0.251 e. The van der Waals surface area contributed by atoms with Crippen LogP contribution in [0.4, 0.5) is 0 Å². The lowest BCUT2D eigenvalue weighted by Crippen LogP contribution is -2.38. The average Bonchev–Trinajstić information content (AvgIpc) is 2.38. The topological polar surface area (TPSA) is 62.2 Å². The molecule has 0 aliphatic rings. The van der Waals surface area contributed by atoms with Crippen molar-refractivity contribution in [3.8, 4) is 0 Å².